The van der Waals surface area contributed by atoms with Gasteiger partial charge in [0.05, 0.1) is 19.0 Å². The molecule has 0 aliphatic rings. The molecule has 0 aliphatic carbocycles. The molecule has 4 nitrogen and oxygen atoms in total. The van der Waals surface area contributed by atoms with Crippen LogP contribution in [0.25, 0.3) is 16.2 Å². The van der Waals surface area contributed by atoms with Crippen LogP contribution in [-0.2, 0) is 0 Å². The van der Waals surface area contributed by atoms with Crippen LogP contribution in [-0.4, -0.2) is 28.0 Å². The van der Waals surface area contributed by atoms with E-state index in [-0.39, 0.29) is 0 Å². The molecule has 0 bridgehead atoms. The van der Waals surface area contributed by atoms with Gasteiger partial charge >= 0.3 is 0 Å². The molecule has 92 valence electrons. The van der Waals surface area contributed by atoms with Crippen LogP contribution in [0.4, 0.5) is 0 Å². The van der Waals surface area contributed by atoms with Crippen molar-refractivity contribution < 1.29 is 4.74 Å². The molecule has 0 N–H and O–H groups in total. The van der Waals surface area contributed by atoms with Crippen molar-refractivity contribution >= 4 is 28.1 Å². The first kappa shape index (κ1) is 11.6. The van der Waals surface area contributed by atoms with Gasteiger partial charge in [-0.3, -0.25) is 0 Å². The Morgan fingerprint density at radius 3 is 2.89 bits per heavy atom. The Morgan fingerprint density at radius 1 is 1.33 bits per heavy atom. The van der Waals surface area contributed by atoms with Crippen molar-refractivity contribution in [1.29, 1.82) is 0 Å². The van der Waals surface area contributed by atoms with Crippen LogP contribution in [0.2, 0.25) is 0 Å². The van der Waals surface area contributed by atoms with Crippen LogP contribution in [0.3, 0.4) is 0 Å². The number of hydrogen-bond donors (Lipinski definition) is 0. The maximum absolute atomic E-state index is 5.35. The van der Waals surface area contributed by atoms with Gasteiger partial charge in [-0.15, -0.1) is 5.10 Å². The van der Waals surface area contributed by atoms with Gasteiger partial charge in [0.2, 0.25) is 4.96 Å². The topological polar surface area (TPSA) is 39.4 Å². The van der Waals surface area contributed by atoms with E-state index in [1.807, 2.05) is 41.2 Å². The van der Waals surface area contributed by atoms with Crippen LogP contribution >= 0.6 is 23.1 Å². The van der Waals surface area contributed by atoms with Gasteiger partial charge in [-0.25, -0.2) is 9.50 Å². The lowest BCUT2D eigenvalue weighted by Crippen LogP contribution is -1.87. The highest BCUT2D eigenvalue weighted by Gasteiger charge is 2.12. The van der Waals surface area contributed by atoms with E-state index >= 15 is 0 Å². The summed E-state index contributed by atoms with van der Waals surface area (Å²) in [4.78, 5) is 5.49. The predicted molar refractivity (Wildman–Crippen MR) is 74.6 cm³/mol. The molecule has 2 aromatic heterocycles. The van der Waals surface area contributed by atoms with Gasteiger partial charge in [-0.2, -0.15) is 0 Å². The first-order valence-electron chi connectivity index (χ1n) is 5.35. The molecule has 6 heteroatoms. The Labute approximate surface area is 113 Å². The number of ether oxygens (including phenoxy) is 1. The molecule has 0 radical (unpaired) electrons. The smallest absolute Gasteiger partial charge is 0.213 e. The molecule has 0 unspecified atom stereocenters. The second-order valence-electron chi connectivity index (χ2n) is 3.63. The van der Waals surface area contributed by atoms with Gasteiger partial charge in [-0.1, -0.05) is 35.2 Å². The van der Waals surface area contributed by atoms with E-state index < -0.39 is 0 Å². The number of methoxy groups -OCH3 is 1. The molecule has 0 atom stereocenters. The van der Waals surface area contributed by atoms with Crippen molar-refractivity contribution in [3.05, 3.63) is 30.5 Å². The van der Waals surface area contributed by atoms with E-state index in [2.05, 4.69) is 10.1 Å². The van der Waals surface area contributed by atoms with Crippen molar-refractivity contribution in [2.75, 3.05) is 13.4 Å². The minimum Gasteiger partial charge on any atom is -0.496 e. The van der Waals surface area contributed by atoms with Crippen molar-refractivity contribution in [3.63, 3.8) is 0 Å². The summed E-state index contributed by atoms with van der Waals surface area (Å²) in [5, 5.41) is 4.43. The standard InChI is InChI=1S/C12H11N3OS2/c1-16-10-6-4-3-5-8(10)9-7-15-11(13-9)18-12(14-15)17-2/h3-7H,1-2H3. The summed E-state index contributed by atoms with van der Waals surface area (Å²) >= 11 is 3.22. The van der Waals surface area contributed by atoms with E-state index in [1.54, 1.807) is 30.2 Å². The molecule has 18 heavy (non-hydrogen) atoms. The normalized spacial score (nSPS) is 11.0. The Hall–Kier alpha value is -1.53. The summed E-state index contributed by atoms with van der Waals surface area (Å²) < 4.78 is 8.18. The summed E-state index contributed by atoms with van der Waals surface area (Å²) in [5.41, 5.74) is 1.88. The van der Waals surface area contributed by atoms with E-state index in [0.29, 0.717) is 0 Å². The van der Waals surface area contributed by atoms with Gasteiger partial charge < -0.3 is 4.74 Å². The quantitative estimate of drug-likeness (QED) is 0.689. The third-order valence-electron chi connectivity index (χ3n) is 2.58. The second-order valence-corrected chi connectivity index (χ2v) is 5.64. The minimum atomic E-state index is 0.827. The Morgan fingerprint density at radius 2 is 2.17 bits per heavy atom. The lowest BCUT2D eigenvalue weighted by atomic mass is 10.1. The summed E-state index contributed by atoms with van der Waals surface area (Å²) in [6, 6.07) is 7.86. The molecule has 0 saturated heterocycles. The lowest BCUT2D eigenvalue weighted by molar-refractivity contribution is 0.416. The van der Waals surface area contributed by atoms with Crippen molar-refractivity contribution in [3.8, 4) is 17.0 Å². The van der Waals surface area contributed by atoms with E-state index in [9.17, 15) is 0 Å². The largest absolute Gasteiger partial charge is 0.496 e. The fourth-order valence-corrected chi connectivity index (χ4v) is 3.09. The van der Waals surface area contributed by atoms with Crippen molar-refractivity contribution in [2.45, 2.75) is 4.34 Å². The zero-order chi connectivity index (χ0) is 12.5. The molecule has 0 saturated carbocycles. The van der Waals surface area contributed by atoms with Gasteiger partial charge in [0.1, 0.15) is 5.75 Å². The first-order chi connectivity index (χ1) is 8.81. The highest BCUT2D eigenvalue weighted by molar-refractivity contribution is 8.00. The molecule has 3 aromatic rings. The average molecular weight is 277 g/mol. The van der Waals surface area contributed by atoms with Crippen LogP contribution < -0.4 is 4.74 Å². The number of benzene rings is 1. The summed E-state index contributed by atoms with van der Waals surface area (Å²) in [6.07, 6.45) is 3.95. The SMILES string of the molecule is COc1ccccc1-c1cn2nc(SC)sc2n1. The molecular formula is C12H11N3OS2. The molecule has 0 spiro atoms. The number of rotatable bonds is 3. The predicted octanol–water partition coefficient (Wildman–Crippen LogP) is 3.19. The molecule has 3 rings (SSSR count). The van der Waals surface area contributed by atoms with Gasteiger partial charge in [0, 0.05) is 5.56 Å². The van der Waals surface area contributed by atoms with E-state index in [4.69, 9.17) is 4.74 Å². The maximum atomic E-state index is 5.35. The number of nitrogens with zero attached hydrogens (tertiary/aromatic N) is 3. The van der Waals surface area contributed by atoms with Crippen molar-refractivity contribution in [1.82, 2.24) is 14.6 Å². The minimum absolute atomic E-state index is 0.827. The molecular weight excluding hydrogens is 266 g/mol. The van der Waals surface area contributed by atoms with Gasteiger partial charge in [-0.05, 0) is 18.4 Å². The molecule has 0 fully saturated rings. The Kier molecular flexibility index (Phi) is 2.97. The van der Waals surface area contributed by atoms with Crippen LogP contribution in [0.1, 0.15) is 0 Å². The number of hydrogen-bond acceptors (Lipinski definition) is 5. The molecule has 1 aromatic carbocycles. The number of aromatic nitrogens is 3. The van der Waals surface area contributed by atoms with Gasteiger partial charge in [0.15, 0.2) is 4.34 Å². The first-order valence-corrected chi connectivity index (χ1v) is 7.39. The Balaban J connectivity index is 2.11. The van der Waals surface area contributed by atoms with Crippen molar-refractivity contribution in [2.24, 2.45) is 0 Å². The number of para-hydroxylation sites is 1. The van der Waals surface area contributed by atoms with E-state index in [1.165, 1.54) is 0 Å². The highest BCUT2D eigenvalue weighted by Crippen LogP contribution is 2.31. The fraction of sp³-hybridized carbons (Fsp3) is 0.167. The summed E-state index contributed by atoms with van der Waals surface area (Å²) in [7, 11) is 1.67. The maximum Gasteiger partial charge on any atom is 0.213 e. The fourth-order valence-electron chi connectivity index (χ4n) is 1.75. The van der Waals surface area contributed by atoms with Crippen LogP contribution in [0.15, 0.2) is 34.8 Å². The third-order valence-corrected chi connectivity index (χ3v) is 4.48. The zero-order valence-electron chi connectivity index (χ0n) is 9.95. The number of imidazole rings is 1. The lowest BCUT2D eigenvalue weighted by Gasteiger charge is -2.04. The monoisotopic (exact) mass is 277 g/mol. The van der Waals surface area contributed by atoms with Gasteiger partial charge in [0.25, 0.3) is 0 Å². The highest BCUT2D eigenvalue weighted by atomic mass is 32.2. The number of thioether (sulfide) groups is 1. The molecule has 2 heterocycles. The van der Waals surface area contributed by atoms with Crippen LogP contribution in [0.5, 0.6) is 5.75 Å². The van der Waals surface area contributed by atoms with E-state index in [0.717, 1.165) is 26.3 Å². The Bertz CT molecular complexity index is 658. The number of fused-ring (bicyclic) bond motifs is 1. The zero-order valence-corrected chi connectivity index (χ0v) is 11.6. The molecule has 0 amide bonds. The average Bonchev–Trinajstić information content (AvgIpc) is 2.96. The van der Waals surface area contributed by atoms with Crippen LogP contribution in [0, 0.1) is 0 Å². The summed E-state index contributed by atoms with van der Waals surface area (Å²) in [6.45, 7) is 0. The second kappa shape index (κ2) is 4.62. The third kappa shape index (κ3) is 1.87. The molecule has 0 aliphatic heterocycles. The summed E-state index contributed by atoms with van der Waals surface area (Å²) in [5.74, 6) is 0.827.